The summed E-state index contributed by atoms with van der Waals surface area (Å²) in [5.41, 5.74) is 8.86. The molecule has 2 heterocycles. The van der Waals surface area contributed by atoms with Crippen LogP contribution < -0.4 is 5.43 Å². The number of carbonyl (C=O) groups excluding carboxylic acids is 1. The minimum Gasteiger partial charge on any atom is -0.304 e. The molecule has 1 saturated heterocycles. The van der Waals surface area contributed by atoms with Crippen molar-refractivity contribution in [2.24, 2.45) is 0 Å². The van der Waals surface area contributed by atoms with Gasteiger partial charge in [-0.25, -0.2) is 9.99 Å². The molecule has 0 unspecified atom stereocenters. The molecule has 28 heavy (non-hydrogen) atoms. The van der Waals surface area contributed by atoms with Gasteiger partial charge in [-0.15, -0.1) is 0 Å². The molecule has 1 fully saturated rings. The maximum absolute atomic E-state index is 13.1. The van der Waals surface area contributed by atoms with Crippen molar-refractivity contribution in [3.63, 3.8) is 0 Å². The van der Waals surface area contributed by atoms with Crippen LogP contribution in [0.25, 0.3) is 22.2 Å². The number of aryl methyl sites for hydroxylation is 2. The summed E-state index contributed by atoms with van der Waals surface area (Å²) in [5, 5.41) is 2.89. The fourth-order valence-electron chi connectivity index (χ4n) is 3.72. The molecule has 0 radical (unpaired) electrons. The van der Waals surface area contributed by atoms with Gasteiger partial charge in [0.15, 0.2) is 0 Å². The summed E-state index contributed by atoms with van der Waals surface area (Å²) in [5.74, 6) is -0.0748. The van der Waals surface area contributed by atoms with Crippen molar-refractivity contribution >= 4 is 16.8 Å². The molecule has 0 atom stereocenters. The number of likely N-dealkylation sites (N-methyl/N-ethyl adjacent to an activating group) is 1. The Morgan fingerprint density at radius 3 is 2.50 bits per heavy atom. The van der Waals surface area contributed by atoms with Gasteiger partial charge in [-0.1, -0.05) is 42.0 Å². The van der Waals surface area contributed by atoms with Gasteiger partial charge < -0.3 is 4.90 Å². The third-order valence-electron chi connectivity index (χ3n) is 5.38. The van der Waals surface area contributed by atoms with Crippen LogP contribution in [0.15, 0.2) is 48.5 Å². The largest absolute Gasteiger partial charge is 0.304 e. The molecule has 2 aromatic carbocycles. The van der Waals surface area contributed by atoms with E-state index in [1.807, 2.05) is 35.3 Å². The molecular formula is C23H26N4O. The molecule has 0 aliphatic carbocycles. The second-order valence-corrected chi connectivity index (χ2v) is 7.62. The predicted octanol–water partition coefficient (Wildman–Crippen LogP) is 3.41. The first-order chi connectivity index (χ1) is 13.5. The number of pyridine rings is 1. The number of hydrogen-bond acceptors (Lipinski definition) is 4. The van der Waals surface area contributed by atoms with Crippen LogP contribution in [-0.2, 0) is 0 Å². The SMILES string of the molecule is Cc1ccc(-c2cc(C(=O)NN3CCN(C)CC3)c3ccccc3n2)c(C)c1. The van der Waals surface area contributed by atoms with Crippen LogP contribution in [0.1, 0.15) is 21.5 Å². The van der Waals surface area contributed by atoms with Gasteiger partial charge in [-0.05, 0) is 38.6 Å². The molecule has 1 aliphatic rings. The van der Waals surface area contributed by atoms with Gasteiger partial charge in [0.05, 0.1) is 16.8 Å². The van der Waals surface area contributed by atoms with E-state index in [2.05, 4.69) is 49.4 Å². The lowest BCUT2D eigenvalue weighted by molar-refractivity contribution is 0.0664. The Hall–Kier alpha value is -2.76. The molecule has 0 spiro atoms. The van der Waals surface area contributed by atoms with Crippen LogP contribution in [0.5, 0.6) is 0 Å². The Morgan fingerprint density at radius 2 is 1.75 bits per heavy atom. The molecule has 0 bridgehead atoms. The van der Waals surface area contributed by atoms with Crippen molar-refractivity contribution in [1.82, 2.24) is 20.3 Å². The normalized spacial score (nSPS) is 15.7. The number of hydrazine groups is 1. The van der Waals surface area contributed by atoms with E-state index < -0.39 is 0 Å². The number of nitrogens with one attached hydrogen (secondary N) is 1. The number of hydrogen-bond donors (Lipinski definition) is 1. The van der Waals surface area contributed by atoms with E-state index in [4.69, 9.17) is 4.98 Å². The zero-order valence-electron chi connectivity index (χ0n) is 16.7. The highest BCUT2D eigenvalue weighted by Crippen LogP contribution is 2.27. The lowest BCUT2D eigenvalue weighted by atomic mass is 9.99. The first-order valence-electron chi connectivity index (χ1n) is 9.73. The molecule has 4 rings (SSSR count). The zero-order valence-corrected chi connectivity index (χ0v) is 16.7. The number of aromatic nitrogens is 1. The lowest BCUT2D eigenvalue weighted by Crippen LogP contribution is -2.52. The summed E-state index contributed by atoms with van der Waals surface area (Å²) in [6, 6.07) is 16.1. The highest BCUT2D eigenvalue weighted by atomic mass is 16.2. The zero-order chi connectivity index (χ0) is 19.7. The summed E-state index contributed by atoms with van der Waals surface area (Å²) in [7, 11) is 2.10. The number of para-hydroxylation sites is 1. The van der Waals surface area contributed by atoms with Crippen LogP contribution in [-0.4, -0.2) is 54.0 Å². The van der Waals surface area contributed by atoms with Gasteiger partial charge in [-0.3, -0.25) is 10.2 Å². The quantitative estimate of drug-likeness (QED) is 0.763. The fraction of sp³-hybridized carbons (Fsp3) is 0.304. The molecule has 5 nitrogen and oxygen atoms in total. The van der Waals surface area contributed by atoms with Crippen LogP contribution in [0.2, 0.25) is 0 Å². The Labute approximate surface area is 166 Å². The van der Waals surface area contributed by atoms with Crippen molar-refractivity contribution < 1.29 is 4.79 Å². The number of amides is 1. The van der Waals surface area contributed by atoms with Gasteiger partial charge in [0, 0.05) is 37.1 Å². The van der Waals surface area contributed by atoms with Gasteiger partial charge >= 0.3 is 0 Å². The van der Waals surface area contributed by atoms with E-state index >= 15 is 0 Å². The van der Waals surface area contributed by atoms with Crippen LogP contribution in [0.3, 0.4) is 0 Å². The molecule has 3 aromatic rings. The minimum absolute atomic E-state index is 0.0748. The monoisotopic (exact) mass is 374 g/mol. The molecule has 1 aliphatic heterocycles. The number of nitrogens with zero attached hydrogens (tertiary/aromatic N) is 3. The number of piperazine rings is 1. The average Bonchev–Trinajstić information content (AvgIpc) is 2.69. The molecule has 0 saturated carbocycles. The van der Waals surface area contributed by atoms with Crippen molar-refractivity contribution in [2.45, 2.75) is 13.8 Å². The summed E-state index contributed by atoms with van der Waals surface area (Å²) < 4.78 is 0. The third-order valence-corrected chi connectivity index (χ3v) is 5.38. The minimum atomic E-state index is -0.0748. The van der Waals surface area contributed by atoms with E-state index in [0.717, 1.165) is 53.9 Å². The van der Waals surface area contributed by atoms with E-state index in [1.54, 1.807) is 0 Å². The first-order valence-corrected chi connectivity index (χ1v) is 9.73. The maximum atomic E-state index is 13.1. The number of benzene rings is 2. The number of rotatable bonds is 3. The summed E-state index contributed by atoms with van der Waals surface area (Å²) >= 11 is 0. The Kier molecular flexibility index (Phi) is 5.11. The summed E-state index contributed by atoms with van der Waals surface area (Å²) in [6.07, 6.45) is 0. The molecule has 144 valence electrons. The fourth-order valence-corrected chi connectivity index (χ4v) is 3.72. The van der Waals surface area contributed by atoms with E-state index in [0.29, 0.717) is 5.56 Å². The number of carbonyl (C=O) groups is 1. The Bertz CT molecular complexity index is 1020. The topological polar surface area (TPSA) is 48.5 Å². The second-order valence-electron chi connectivity index (χ2n) is 7.62. The Morgan fingerprint density at radius 1 is 1.00 bits per heavy atom. The second kappa shape index (κ2) is 7.70. The van der Waals surface area contributed by atoms with Crippen molar-refractivity contribution in [3.8, 4) is 11.3 Å². The van der Waals surface area contributed by atoms with E-state index in [1.165, 1.54) is 5.56 Å². The average molecular weight is 374 g/mol. The molecular weight excluding hydrogens is 348 g/mol. The third kappa shape index (κ3) is 3.77. The smallest absolute Gasteiger partial charge is 0.266 e. The van der Waals surface area contributed by atoms with Crippen molar-refractivity contribution in [1.29, 1.82) is 0 Å². The summed E-state index contributed by atoms with van der Waals surface area (Å²) in [6.45, 7) is 7.73. The van der Waals surface area contributed by atoms with Crippen LogP contribution in [0, 0.1) is 13.8 Å². The molecule has 1 amide bonds. The van der Waals surface area contributed by atoms with E-state index in [9.17, 15) is 4.79 Å². The van der Waals surface area contributed by atoms with Crippen molar-refractivity contribution in [3.05, 3.63) is 65.2 Å². The molecule has 5 heteroatoms. The van der Waals surface area contributed by atoms with Gasteiger partial charge in [0.25, 0.3) is 5.91 Å². The maximum Gasteiger partial charge on any atom is 0.266 e. The van der Waals surface area contributed by atoms with Crippen LogP contribution in [0.4, 0.5) is 0 Å². The molecule has 1 aromatic heterocycles. The lowest BCUT2D eigenvalue weighted by Gasteiger charge is -2.32. The van der Waals surface area contributed by atoms with Crippen molar-refractivity contribution in [2.75, 3.05) is 33.2 Å². The highest BCUT2D eigenvalue weighted by Gasteiger charge is 2.19. The number of fused-ring (bicyclic) bond motifs is 1. The van der Waals surface area contributed by atoms with Gasteiger partial charge in [0.1, 0.15) is 0 Å². The predicted molar refractivity (Wildman–Crippen MR) is 113 cm³/mol. The first kappa shape index (κ1) is 18.6. The van der Waals surface area contributed by atoms with Gasteiger partial charge in [0.2, 0.25) is 0 Å². The summed E-state index contributed by atoms with van der Waals surface area (Å²) in [4.78, 5) is 20.2. The highest BCUT2D eigenvalue weighted by molar-refractivity contribution is 6.07. The molecule has 1 N–H and O–H groups in total. The Balaban J connectivity index is 1.73. The van der Waals surface area contributed by atoms with Crippen LogP contribution >= 0.6 is 0 Å². The van der Waals surface area contributed by atoms with Gasteiger partial charge in [-0.2, -0.15) is 0 Å². The standard InChI is InChI=1S/C23H26N4O/c1-16-8-9-18(17(2)14-16)22-15-20(19-6-4-5-7-21(19)24-22)23(28)25-27-12-10-26(3)11-13-27/h4-9,14-15H,10-13H2,1-3H3,(H,25,28). The van der Waals surface area contributed by atoms with E-state index in [-0.39, 0.29) is 5.91 Å².